The van der Waals surface area contributed by atoms with Gasteiger partial charge in [0.1, 0.15) is 0 Å². The summed E-state index contributed by atoms with van der Waals surface area (Å²) in [4.78, 5) is 2.10. The summed E-state index contributed by atoms with van der Waals surface area (Å²) in [5.74, 6) is 0.641. The van der Waals surface area contributed by atoms with E-state index in [2.05, 4.69) is 37.1 Å². The first-order valence-corrected chi connectivity index (χ1v) is 8.07. The molecular formula is C17H29ClN2O. The first-order valence-electron chi connectivity index (χ1n) is 7.69. The topological polar surface area (TPSA) is 35.5 Å². The predicted molar refractivity (Wildman–Crippen MR) is 92.2 cm³/mol. The van der Waals surface area contributed by atoms with Crippen LogP contribution >= 0.6 is 11.6 Å². The van der Waals surface area contributed by atoms with Crippen molar-refractivity contribution in [1.82, 2.24) is 5.32 Å². The number of halogens is 1. The Labute approximate surface area is 134 Å². The van der Waals surface area contributed by atoms with Crippen molar-refractivity contribution in [2.45, 2.75) is 46.8 Å². The summed E-state index contributed by atoms with van der Waals surface area (Å²) in [6, 6.07) is 6.16. The molecule has 120 valence electrons. The molecule has 0 spiro atoms. The molecule has 0 aliphatic carbocycles. The van der Waals surface area contributed by atoms with Gasteiger partial charge in [-0.2, -0.15) is 0 Å². The Hall–Kier alpha value is -0.770. The van der Waals surface area contributed by atoms with E-state index in [-0.39, 0.29) is 0 Å². The number of nitrogens with zero attached hydrogens (tertiary/aromatic N) is 1. The number of anilines is 1. The Balaban J connectivity index is 2.76. The van der Waals surface area contributed by atoms with Gasteiger partial charge < -0.3 is 15.3 Å². The SMILES string of the molecule is CCN(CC(C)(C)O)c1ccc(CNCC(C)C)cc1Cl. The molecule has 21 heavy (non-hydrogen) atoms. The van der Waals surface area contributed by atoms with E-state index in [9.17, 15) is 5.11 Å². The maximum absolute atomic E-state index is 10.00. The van der Waals surface area contributed by atoms with E-state index in [0.29, 0.717) is 12.5 Å². The van der Waals surface area contributed by atoms with Gasteiger partial charge in [-0.05, 0) is 50.9 Å². The minimum atomic E-state index is -0.739. The normalized spacial score (nSPS) is 12.0. The number of likely N-dealkylation sites (N-methyl/N-ethyl adjacent to an activating group) is 1. The van der Waals surface area contributed by atoms with Crippen LogP contribution in [0.4, 0.5) is 5.69 Å². The third kappa shape index (κ3) is 6.68. The quantitative estimate of drug-likeness (QED) is 0.768. The Kier molecular flexibility index (Phi) is 6.98. The molecule has 1 aromatic carbocycles. The molecule has 0 aliphatic rings. The smallest absolute Gasteiger partial charge is 0.0765 e. The van der Waals surface area contributed by atoms with Crippen LogP contribution < -0.4 is 10.2 Å². The molecule has 1 rings (SSSR count). The van der Waals surface area contributed by atoms with Crippen molar-refractivity contribution in [3.63, 3.8) is 0 Å². The molecule has 0 saturated heterocycles. The van der Waals surface area contributed by atoms with Gasteiger partial charge in [0, 0.05) is 19.6 Å². The van der Waals surface area contributed by atoms with E-state index < -0.39 is 5.60 Å². The second kappa shape index (κ2) is 8.02. The lowest BCUT2D eigenvalue weighted by Gasteiger charge is -2.30. The van der Waals surface area contributed by atoms with Crippen LogP contribution in [0.3, 0.4) is 0 Å². The van der Waals surface area contributed by atoms with Crippen LogP contribution in [0.5, 0.6) is 0 Å². The highest BCUT2D eigenvalue weighted by Gasteiger charge is 2.19. The predicted octanol–water partition coefficient (Wildman–Crippen LogP) is 3.68. The van der Waals surface area contributed by atoms with E-state index in [1.165, 1.54) is 5.56 Å². The molecule has 0 radical (unpaired) electrons. The fraction of sp³-hybridized carbons (Fsp3) is 0.647. The molecule has 0 fully saturated rings. The second-order valence-electron chi connectivity index (χ2n) is 6.64. The molecule has 0 amide bonds. The molecule has 0 saturated carbocycles. The lowest BCUT2D eigenvalue weighted by molar-refractivity contribution is 0.0876. The summed E-state index contributed by atoms with van der Waals surface area (Å²) in [6.45, 7) is 13.3. The van der Waals surface area contributed by atoms with Gasteiger partial charge in [-0.3, -0.25) is 0 Å². The van der Waals surface area contributed by atoms with Crippen molar-refractivity contribution in [3.8, 4) is 0 Å². The Morgan fingerprint density at radius 1 is 1.33 bits per heavy atom. The number of rotatable bonds is 8. The molecule has 0 atom stereocenters. The standard InChI is InChI=1S/C17H29ClN2O/c1-6-20(12-17(4,5)21)16-8-7-14(9-15(16)18)11-19-10-13(2)3/h7-9,13,19,21H,6,10-12H2,1-5H3. The third-order valence-corrected chi connectivity index (χ3v) is 3.50. The molecule has 2 N–H and O–H groups in total. The number of hydrogen-bond acceptors (Lipinski definition) is 3. The lowest BCUT2D eigenvalue weighted by atomic mass is 10.1. The summed E-state index contributed by atoms with van der Waals surface area (Å²) in [7, 11) is 0. The first kappa shape index (κ1) is 18.3. The van der Waals surface area contributed by atoms with Gasteiger partial charge in [0.2, 0.25) is 0 Å². The second-order valence-corrected chi connectivity index (χ2v) is 7.04. The lowest BCUT2D eigenvalue weighted by Crippen LogP contribution is -2.38. The van der Waals surface area contributed by atoms with Crippen molar-refractivity contribution in [2.24, 2.45) is 5.92 Å². The van der Waals surface area contributed by atoms with Crippen LogP contribution in [-0.2, 0) is 6.54 Å². The molecular weight excluding hydrogens is 284 g/mol. The van der Waals surface area contributed by atoms with E-state index in [1.54, 1.807) is 0 Å². The third-order valence-electron chi connectivity index (χ3n) is 3.19. The highest BCUT2D eigenvalue weighted by molar-refractivity contribution is 6.33. The van der Waals surface area contributed by atoms with Crippen LogP contribution in [0.1, 0.15) is 40.2 Å². The van der Waals surface area contributed by atoms with Crippen molar-refractivity contribution in [1.29, 1.82) is 0 Å². The zero-order valence-electron chi connectivity index (χ0n) is 13.9. The van der Waals surface area contributed by atoms with Crippen LogP contribution in [0, 0.1) is 5.92 Å². The Bertz CT molecular complexity index is 441. The minimum Gasteiger partial charge on any atom is -0.389 e. The summed E-state index contributed by atoms with van der Waals surface area (Å²) < 4.78 is 0. The fourth-order valence-corrected chi connectivity index (χ4v) is 2.58. The zero-order chi connectivity index (χ0) is 16.0. The molecule has 3 nitrogen and oxygen atoms in total. The van der Waals surface area contributed by atoms with Crippen LogP contribution in [-0.4, -0.2) is 30.3 Å². The molecule has 1 aromatic rings. The molecule has 4 heteroatoms. The van der Waals surface area contributed by atoms with Crippen molar-refractivity contribution in [2.75, 3.05) is 24.5 Å². The fourth-order valence-electron chi connectivity index (χ4n) is 2.26. The number of nitrogens with one attached hydrogen (secondary N) is 1. The molecule has 0 heterocycles. The molecule has 0 unspecified atom stereocenters. The number of aliphatic hydroxyl groups is 1. The average Bonchev–Trinajstić information content (AvgIpc) is 2.35. The van der Waals surface area contributed by atoms with Gasteiger partial charge in [-0.25, -0.2) is 0 Å². The van der Waals surface area contributed by atoms with Gasteiger partial charge in [0.05, 0.1) is 16.3 Å². The average molecular weight is 313 g/mol. The van der Waals surface area contributed by atoms with Crippen molar-refractivity contribution in [3.05, 3.63) is 28.8 Å². The largest absolute Gasteiger partial charge is 0.389 e. The van der Waals surface area contributed by atoms with Crippen LogP contribution in [0.2, 0.25) is 5.02 Å². The molecule has 0 aromatic heterocycles. The van der Waals surface area contributed by atoms with Crippen LogP contribution in [0.15, 0.2) is 18.2 Å². The van der Waals surface area contributed by atoms with Crippen molar-refractivity contribution < 1.29 is 5.11 Å². The zero-order valence-corrected chi connectivity index (χ0v) is 14.7. The van der Waals surface area contributed by atoms with E-state index in [1.807, 2.05) is 26.0 Å². The summed E-state index contributed by atoms with van der Waals surface area (Å²) in [5.41, 5.74) is 1.43. The molecule has 0 aliphatic heterocycles. The minimum absolute atomic E-state index is 0.564. The van der Waals surface area contributed by atoms with E-state index in [4.69, 9.17) is 11.6 Å². The van der Waals surface area contributed by atoms with Gasteiger partial charge in [0.25, 0.3) is 0 Å². The van der Waals surface area contributed by atoms with E-state index >= 15 is 0 Å². The van der Waals surface area contributed by atoms with Gasteiger partial charge >= 0.3 is 0 Å². The number of hydrogen-bond donors (Lipinski definition) is 2. The van der Waals surface area contributed by atoms with Crippen LogP contribution in [0.25, 0.3) is 0 Å². The van der Waals surface area contributed by atoms with Gasteiger partial charge in [0.15, 0.2) is 0 Å². The van der Waals surface area contributed by atoms with Gasteiger partial charge in [-0.15, -0.1) is 0 Å². The first-order chi connectivity index (χ1) is 9.73. The maximum atomic E-state index is 10.00. The maximum Gasteiger partial charge on any atom is 0.0765 e. The highest BCUT2D eigenvalue weighted by atomic mass is 35.5. The highest BCUT2D eigenvalue weighted by Crippen LogP contribution is 2.28. The van der Waals surface area contributed by atoms with E-state index in [0.717, 1.165) is 30.3 Å². The summed E-state index contributed by atoms with van der Waals surface area (Å²) in [5, 5.41) is 14.2. The Morgan fingerprint density at radius 3 is 2.48 bits per heavy atom. The Morgan fingerprint density at radius 2 is 2.00 bits per heavy atom. The van der Waals surface area contributed by atoms with Gasteiger partial charge in [-0.1, -0.05) is 31.5 Å². The summed E-state index contributed by atoms with van der Waals surface area (Å²) >= 11 is 6.42. The summed E-state index contributed by atoms with van der Waals surface area (Å²) in [6.07, 6.45) is 0. The van der Waals surface area contributed by atoms with Crippen molar-refractivity contribution >= 4 is 17.3 Å². The molecule has 0 bridgehead atoms. The monoisotopic (exact) mass is 312 g/mol. The number of benzene rings is 1.